The van der Waals surface area contributed by atoms with Crippen LogP contribution in [-0.4, -0.2) is 13.2 Å². The van der Waals surface area contributed by atoms with E-state index in [-0.39, 0.29) is 0 Å². The molecule has 1 unspecified atom stereocenters. The Morgan fingerprint density at radius 2 is 1.75 bits per heavy atom. The molecule has 0 spiro atoms. The molecule has 1 atom stereocenters. The average molecular weight is 279 g/mol. The van der Waals surface area contributed by atoms with Crippen molar-refractivity contribution in [1.82, 2.24) is 0 Å². The predicted molar refractivity (Wildman–Crippen MR) is 85.4 cm³/mol. The lowest BCUT2D eigenvalue weighted by atomic mass is 10.0. The highest BCUT2D eigenvalue weighted by Crippen LogP contribution is 2.32. The van der Waals surface area contributed by atoms with Crippen molar-refractivity contribution in [2.45, 2.75) is 52.9 Å². The Hall–Kier alpha value is -1.38. The Balaban J connectivity index is 2.58. The molecule has 0 aliphatic rings. The molecular weight excluding hydrogens is 250 g/mol. The second kappa shape index (κ2) is 9.51. The molecule has 20 heavy (non-hydrogen) atoms. The average Bonchev–Trinajstić information content (AvgIpc) is 2.47. The number of nitrogen functional groups attached to an aromatic ring is 1. The third-order valence-corrected chi connectivity index (χ3v) is 3.51. The molecule has 3 heteroatoms. The summed E-state index contributed by atoms with van der Waals surface area (Å²) in [6.45, 7) is 7.93. The van der Waals surface area contributed by atoms with E-state index in [1.54, 1.807) is 0 Å². The molecule has 0 aliphatic carbocycles. The van der Waals surface area contributed by atoms with Crippen LogP contribution in [0.5, 0.6) is 11.5 Å². The standard InChI is InChI=1S/C17H29NO2/c1-4-7-9-14(6-3)13-20-16-11-8-10-15(17(16)18)19-12-5-2/h8,10-11,14H,4-7,9,12-13,18H2,1-3H3. The van der Waals surface area contributed by atoms with Crippen LogP contribution >= 0.6 is 0 Å². The van der Waals surface area contributed by atoms with E-state index in [4.69, 9.17) is 15.2 Å². The molecule has 3 nitrogen and oxygen atoms in total. The zero-order valence-corrected chi connectivity index (χ0v) is 13.2. The molecule has 114 valence electrons. The summed E-state index contributed by atoms with van der Waals surface area (Å²) in [6, 6.07) is 5.75. The van der Waals surface area contributed by atoms with Gasteiger partial charge in [0.2, 0.25) is 0 Å². The summed E-state index contributed by atoms with van der Waals surface area (Å²) in [6.07, 6.45) is 5.83. The summed E-state index contributed by atoms with van der Waals surface area (Å²) in [7, 11) is 0. The Morgan fingerprint density at radius 1 is 1.05 bits per heavy atom. The normalized spacial score (nSPS) is 12.2. The largest absolute Gasteiger partial charge is 0.491 e. The van der Waals surface area contributed by atoms with Gasteiger partial charge in [-0.1, -0.05) is 46.1 Å². The molecule has 0 bridgehead atoms. The molecule has 0 aromatic heterocycles. The van der Waals surface area contributed by atoms with Gasteiger partial charge >= 0.3 is 0 Å². The van der Waals surface area contributed by atoms with Crippen molar-refractivity contribution in [3.8, 4) is 11.5 Å². The molecular formula is C17H29NO2. The molecule has 0 saturated heterocycles. The minimum atomic E-state index is 0.606. The fraction of sp³-hybridized carbons (Fsp3) is 0.647. The Morgan fingerprint density at radius 3 is 2.35 bits per heavy atom. The van der Waals surface area contributed by atoms with Gasteiger partial charge in [0.1, 0.15) is 17.2 Å². The van der Waals surface area contributed by atoms with Gasteiger partial charge in [0.15, 0.2) is 0 Å². The molecule has 1 aromatic carbocycles. The van der Waals surface area contributed by atoms with Gasteiger partial charge in [-0.05, 0) is 30.9 Å². The van der Waals surface area contributed by atoms with Crippen molar-refractivity contribution in [2.24, 2.45) is 5.92 Å². The lowest BCUT2D eigenvalue weighted by Crippen LogP contribution is -2.12. The second-order valence-corrected chi connectivity index (χ2v) is 5.24. The van der Waals surface area contributed by atoms with Crippen molar-refractivity contribution in [3.05, 3.63) is 18.2 Å². The highest BCUT2D eigenvalue weighted by molar-refractivity contribution is 5.62. The summed E-state index contributed by atoms with van der Waals surface area (Å²) in [4.78, 5) is 0. The van der Waals surface area contributed by atoms with E-state index < -0.39 is 0 Å². The number of unbranched alkanes of at least 4 members (excludes halogenated alkanes) is 1. The molecule has 0 fully saturated rings. The van der Waals surface area contributed by atoms with Crippen LogP contribution in [0.15, 0.2) is 18.2 Å². The van der Waals surface area contributed by atoms with Crippen LogP contribution in [0.3, 0.4) is 0 Å². The smallest absolute Gasteiger partial charge is 0.146 e. The fourth-order valence-electron chi connectivity index (χ4n) is 2.09. The zero-order chi connectivity index (χ0) is 14.8. The molecule has 2 N–H and O–H groups in total. The van der Waals surface area contributed by atoms with Crippen molar-refractivity contribution in [2.75, 3.05) is 18.9 Å². The van der Waals surface area contributed by atoms with E-state index in [0.29, 0.717) is 18.2 Å². The van der Waals surface area contributed by atoms with Crippen molar-refractivity contribution in [1.29, 1.82) is 0 Å². The van der Waals surface area contributed by atoms with E-state index in [9.17, 15) is 0 Å². The molecule has 0 radical (unpaired) electrons. The van der Waals surface area contributed by atoms with Gasteiger partial charge in [-0.3, -0.25) is 0 Å². The molecule has 1 rings (SSSR count). The number of para-hydroxylation sites is 1. The van der Waals surface area contributed by atoms with Gasteiger partial charge in [0.25, 0.3) is 0 Å². The van der Waals surface area contributed by atoms with Gasteiger partial charge in [0.05, 0.1) is 13.2 Å². The first-order valence-electron chi connectivity index (χ1n) is 7.86. The first kappa shape index (κ1) is 16.7. The third-order valence-electron chi connectivity index (χ3n) is 3.51. The maximum Gasteiger partial charge on any atom is 0.146 e. The Bertz CT molecular complexity index is 379. The lowest BCUT2D eigenvalue weighted by molar-refractivity contribution is 0.233. The summed E-state index contributed by atoms with van der Waals surface area (Å²) in [5.74, 6) is 2.08. The van der Waals surface area contributed by atoms with Gasteiger partial charge in [-0.15, -0.1) is 0 Å². The van der Waals surface area contributed by atoms with Crippen LogP contribution in [0, 0.1) is 5.92 Å². The van der Waals surface area contributed by atoms with Crippen LogP contribution in [0.25, 0.3) is 0 Å². The molecule has 1 aromatic rings. The number of anilines is 1. The third kappa shape index (κ3) is 5.32. The molecule has 0 aliphatic heterocycles. The van der Waals surface area contributed by atoms with Crippen LogP contribution in [0.4, 0.5) is 5.69 Å². The van der Waals surface area contributed by atoms with Crippen LogP contribution in [0.2, 0.25) is 0 Å². The summed E-state index contributed by atoms with van der Waals surface area (Å²) in [5, 5.41) is 0. The van der Waals surface area contributed by atoms with Gasteiger partial charge < -0.3 is 15.2 Å². The number of benzene rings is 1. The fourth-order valence-corrected chi connectivity index (χ4v) is 2.09. The van der Waals surface area contributed by atoms with Gasteiger partial charge in [-0.25, -0.2) is 0 Å². The van der Waals surface area contributed by atoms with E-state index in [1.165, 1.54) is 19.3 Å². The Labute approximate surface area is 123 Å². The monoisotopic (exact) mass is 279 g/mol. The lowest BCUT2D eigenvalue weighted by Gasteiger charge is -2.17. The topological polar surface area (TPSA) is 44.5 Å². The zero-order valence-electron chi connectivity index (χ0n) is 13.2. The minimum Gasteiger partial charge on any atom is -0.491 e. The van der Waals surface area contributed by atoms with Crippen LogP contribution in [0.1, 0.15) is 52.9 Å². The first-order chi connectivity index (χ1) is 9.72. The van der Waals surface area contributed by atoms with E-state index in [1.807, 2.05) is 18.2 Å². The predicted octanol–water partition coefficient (Wildman–Crippen LogP) is 4.65. The summed E-state index contributed by atoms with van der Waals surface area (Å²) < 4.78 is 11.5. The minimum absolute atomic E-state index is 0.606. The van der Waals surface area contributed by atoms with E-state index >= 15 is 0 Å². The second-order valence-electron chi connectivity index (χ2n) is 5.24. The first-order valence-corrected chi connectivity index (χ1v) is 7.86. The maximum absolute atomic E-state index is 6.10. The van der Waals surface area contributed by atoms with Crippen molar-refractivity contribution in [3.63, 3.8) is 0 Å². The number of hydrogen-bond donors (Lipinski definition) is 1. The summed E-state index contributed by atoms with van der Waals surface area (Å²) in [5.41, 5.74) is 6.72. The van der Waals surface area contributed by atoms with Crippen molar-refractivity contribution < 1.29 is 9.47 Å². The SMILES string of the molecule is CCCCC(CC)COc1cccc(OCCC)c1N. The van der Waals surface area contributed by atoms with Crippen LogP contribution < -0.4 is 15.2 Å². The number of ether oxygens (including phenoxy) is 2. The van der Waals surface area contributed by atoms with Gasteiger partial charge in [-0.2, -0.15) is 0 Å². The molecule has 0 heterocycles. The van der Waals surface area contributed by atoms with E-state index in [0.717, 1.165) is 30.9 Å². The molecule has 0 saturated carbocycles. The van der Waals surface area contributed by atoms with E-state index in [2.05, 4.69) is 20.8 Å². The Kier molecular flexibility index (Phi) is 7.93. The van der Waals surface area contributed by atoms with Crippen molar-refractivity contribution >= 4 is 5.69 Å². The highest BCUT2D eigenvalue weighted by atomic mass is 16.5. The van der Waals surface area contributed by atoms with Gasteiger partial charge in [0, 0.05) is 0 Å². The number of nitrogens with two attached hydrogens (primary N) is 1. The summed E-state index contributed by atoms with van der Waals surface area (Å²) >= 11 is 0. The quantitative estimate of drug-likeness (QED) is 0.634. The number of hydrogen-bond acceptors (Lipinski definition) is 3. The maximum atomic E-state index is 6.10. The highest BCUT2D eigenvalue weighted by Gasteiger charge is 2.10. The number of rotatable bonds is 10. The molecule has 0 amide bonds. The van der Waals surface area contributed by atoms with Crippen LogP contribution in [-0.2, 0) is 0 Å².